The van der Waals surface area contributed by atoms with Crippen molar-refractivity contribution in [1.29, 1.82) is 0 Å². The van der Waals surface area contributed by atoms with Crippen LogP contribution in [0.1, 0.15) is 16.2 Å². The van der Waals surface area contributed by atoms with Gasteiger partial charge in [0.25, 0.3) is 5.91 Å². The number of H-pyrrole nitrogens is 1. The van der Waals surface area contributed by atoms with Gasteiger partial charge in [-0.15, -0.1) is 0 Å². The SMILES string of the molecule is NC(=O)COc1cccc(-c2ccc(C(=O)c3ncc[nH]3)cc2)c1. The Bertz CT molecular complexity index is 855. The first kappa shape index (κ1) is 15.5. The summed E-state index contributed by atoms with van der Waals surface area (Å²) in [6.45, 7) is -0.167. The second-order valence-electron chi connectivity index (χ2n) is 5.13. The molecule has 0 spiro atoms. The van der Waals surface area contributed by atoms with Crippen LogP contribution >= 0.6 is 0 Å². The van der Waals surface area contributed by atoms with Crippen LogP contribution in [0.2, 0.25) is 0 Å². The molecule has 0 radical (unpaired) electrons. The number of hydrogen-bond donors (Lipinski definition) is 2. The topological polar surface area (TPSA) is 98.1 Å². The van der Waals surface area contributed by atoms with E-state index >= 15 is 0 Å². The van der Waals surface area contributed by atoms with Gasteiger partial charge in [-0.25, -0.2) is 4.98 Å². The molecular weight excluding hydrogens is 306 g/mol. The van der Waals surface area contributed by atoms with Gasteiger partial charge in [-0.1, -0.05) is 36.4 Å². The van der Waals surface area contributed by atoms with Crippen LogP contribution < -0.4 is 10.5 Å². The third kappa shape index (κ3) is 3.49. The summed E-state index contributed by atoms with van der Waals surface area (Å²) in [6, 6.07) is 14.5. The van der Waals surface area contributed by atoms with E-state index in [9.17, 15) is 9.59 Å². The summed E-state index contributed by atoms with van der Waals surface area (Å²) in [6.07, 6.45) is 3.15. The van der Waals surface area contributed by atoms with Gasteiger partial charge >= 0.3 is 0 Å². The number of rotatable bonds is 6. The van der Waals surface area contributed by atoms with E-state index in [1.165, 1.54) is 0 Å². The number of nitrogens with two attached hydrogens (primary N) is 1. The molecule has 3 aromatic rings. The zero-order valence-corrected chi connectivity index (χ0v) is 12.7. The number of amides is 1. The van der Waals surface area contributed by atoms with Crippen LogP contribution in [0.15, 0.2) is 60.9 Å². The zero-order chi connectivity index (χ0) is 16.9. The van der Waals surface area contributed by atoms with Crippen molar-refractivity contribution in [1.82, 2.24) is 9.97 Å². The molecule has 2 aromatic carbocycles. The molecule has 3 rings (SSSR count). The molecule has 1 amide bonds. The van der Waals surface area contributed by atoms with Gasteiger partial charge < -0.3 is 15.5 Å². The van der Waals surface area contributed by atoms with Crippen molar-refractivity contribution in [2.75, 3.05) is 6.61 Å². The molecule has 1 aromatic heterocycles. The maximum absolute atomic E-state index is 12.2. The number of aromatic nitrogens is 2. The van der Waals surface area contributed by atoms with E-state index < -0.39 is 5.91 Å². The summed E-state index contributed by atoms with van der Waals surface area (Å²) >= 11 is 0. The number of hydrogen-bond acceptors (Lipinski definition) is 4. The highest BCUT2D eigenvalue weighted by molar-refractivity contribution is 6.06. The number of primary amides is 1. The zero-order valence-electron chi connectivity index (χ0n) is 12.7. The van der Waals surface area contributed by atoms with Crippen LogP contribution in [-0.2, 0) is 4.79 Å². The van der Waals surface area contributed by atoms with Gasteiger partial charge in [0.05, 0.1) is 0 Å². The van der Waals surface area contributed by atoms with Crippen LogP contribution in [0.25, 0.3) is 11.1 Å². The van der Waals surface area contributed by atoms with Gasteiger partial charge in [0.1, 0.15) is 5.75 Å². The lowest BCUT2D eigenvalue weighted by atomic mass is 10.0. The minimum absolute atomic E-state index is 0.162. The molecule has 120 valence electrons. The third-order valence-electron chi connectivity index (χ3n) is 3.41. The smallest absolute Gasteiger partial charge is 0.255 e. The molecule has 3 N–H and O–H groups in total. The Hall–Kier alpha value is -3.41. The first-order chi connectivity index (χ1) is 11.6. The van der Waals surface area contributed by atoms with E-state index in [1.807, 2.05) is 30.3 Å². The summed E-state index contributed by atoms with van der Waals surface area (Å²) in [5, 5.41) is 0. The summed E-state index contributed by atoms with van der Waals surface area (Å²) in [5.74, 6) is 0.179. The molecule has 0 saturated carbocycles. The van der Waals surface area contributed by atoms with Crippen molar-refractivity contribution < 1.29 is 14.3 Å². The average molecular weight is 321 g/mol. The molecule has 6 heteroatoms. The predicted octanol–water partition coefficient (Wildman–Crippen LogP) is 2.17. The van der Waals surface area contributed by atoms with Crippen molar-refractivity contribution in [2.24, 2.45) is 5.73 Å². The van der Waals surface area contributed by atoms with Gasteiger partial charge in [-0.05, 0) is 23.3 Å². The van der Waals surface area contributed by atoms with E-state index in [0.29, 0.717) is 17.1 Å². The number of carbonyl (C=O) groups is 2. The number of benzene rings is 2. The van der Waals surface area contributed by atoms with Gasteiger partial charge in [0.15, 0.2) is 12.4 Å². The standard InChI is InChI=1S/C18H15N3O3/c19-16(22)11-24-15-3-1-2-14(10-15)12-4-6-13(7-5-12)17(23)18-20-8-9-21-18/h1-10H,11H2,(H2,19,22)(H,20,21). The molecule has 6 nitrogen and oxygen atoms in total. The van der Waals surface area contributed by atoms with Crippen molar-refractivity contribution in [3.63, 3.8) is 0 Å². The first-order valence-electron chi connectivity index (χ1n) is 7.29. The summed E-state index contributed by atoms with van der Waals surface area (Å²) in [7, 11) is 0. The maximum atomic E-state index is 12.2. The third-order valence-corrected chi connectivity index (χ3v) is 3.41. The number of ketones is 1. The van der Waals surface area contributed by atoms with Crippen LogP contribution in [0, 0.1) is 0 Å². The Morgan fingerprint density at radius 2 is 1.88 bits per heavy atom. The number of aromatic amines is 1. The molecular formula is C18H15N3O3. The Labute approximate surface area is 138 Å². The van der Waals surface area contributed by atoms with E-state index in [2.05, 4.69) is 9.97 Å². The molecule has 24 heavy (non-hydrogen) atoms. The molecule has 1 heterocycles. The van der Waals surface area contributed by atoms with E-state index in [1.54, 1.807) is 30.6 Å². The second kappa shape index (κ2) is 6.78. The Morgan fingerprint density at radius 3 is 2.54 bits per heavy atom. The van der Waals surface area contributed by atoms with Crippen LogP contribution in [0.4, 0.5) is 0 Å². The van der Waals surface area contributed by atoms with E-state index in [0.717, 1.165) is 11.1 Å². The van der Waals surface area contributed by atoms with Crippen molar-refractivity contribution in [2.45, 2.75) is 0 Å². The molecule has 0 atom stereocenters. The fraction of sp³-hybridized carbons (Fsp3) is 0.0556. The Kier molecular flexibility index (Phi) is 4.38. The highest BCUT2D eigenvalue weighted by Crippen LogP contribution is 2.24. The van der Waals surface area contributed by atoms with Crippen molar-refractivity contribution in [3.8, 4) is 16.9 Å². The lowest BCUT2D eigenvalue weighted by Crippen LogP contribution is -2.19. The molecule has 0 saturated heterocycles. The minimum atomic E-state index is -0.527. The summed E-state index contributed by atoms with van der Waals surface area (Å²) < 4.78 is 5.30. The van der Waals surface area contributed by atoms with E-state index in [4.69, 9.17) is 10.5 Å². The largest absolute Gasteiger partial charge is 0.484 e. The Morgan fingerprint density at radius 1 is 1.08 bits per heavy atom. The van der Waals surface area contributed by atoms with Crippen molar-refractivity contribution >= 4 is 11.7 Å². The molecule has 0 aliphatic heterocycles. The maximum Gasteiger partial charge on any atom is 0.255 e. The van der Waals surface area contributed by atoms with Crippen LogP contribution in [-0.4, -0.2) is 28.3 Å². The van der Waals surface area contributed by atoms with Gasteiger partial charge in [0.2, 0.25) is 5.78 Å². The molecule has 0 aliphatic carbocycles. The highest BCUT2D eigenvalue weighted by Gasteiger charge is 2.11. The number of nitrogens with one attached hydrogen (secondary N) is 1. The van der Waals surface area contributed by atoms with Crippen LogP contribution in [0.5, 0.6) is 5.75 Å². The van der Waals surface area contributed by atoms with Gasteiger partial charge in [-0.3, -0.25) is 9.59 Å². The average Bonchev–Trinajstić information content (AvgIpc) is 3.14. The number of nitrogens with zero attached hydrogens (tertiary/aromatic N) is 1. The van der Waals surface area contributed by atoms with Crippen molar-refractivity contribution in [3.05, 3.63) is 72.3 Å². The quantitative estimate of drug-likeness (QED) is 0.680. The molecule has 0 fully saturated rings. The first-order valence-corrected chi connectivity index (χ1v) is 7.29. The summed E-state index contributed by atoms with van der Waals surface area (Å²) in [5.41, 5.74) is 7.46. The number of carbonyl (C=O) groups excluding carboxylic acids is 2. The lowest BCUT2D eigenvalue weighted by molar-refractivity contribution is -0.119. The summed E-state index contributed by atoms with van der Waals surface area (Å²) in [4.78, 5) is 29.7. The van der Waals surface area contributed by atoms with Gasteiger partial charge in [0, 0.05) is 18.0 Å². The predicted molar refractivity (Wildman–Crippen MR) is 88.6 cm³/mol. The van der Waals surface area contributed by atoms with E-state index in [-0.39, 0.29) is 12.4 Å². The monoisotopic (exact) mass is 321 g/mol. The lowest BCUT2D eigenvalue weighted by Gasteiger charge is -2.07. The number of imidazole rings is 1. The highest BCUT2D eigenvalue weighted by atomic mass is 16.5. The van der Waals surface area contributed by atoms with Crippen LogP contribution in [0.3, 0.4) is 0 Å². The second-order valence-corrected chi connectivity index (χ2v) is 5.13. The van der Waals surface area contributed by atoms with Gasteiger partial charge in [-0.2, -0.15) is 0 Å². The number of ether oxygens (including phenoxy) is 1. The minimum Gasteiger partial charge on any atom is -0.484 e. The molecule has 0 aliphatic rings. The Balaban J connectivity index is 1.79. The molecule has 0 bridgehead atoms. The normalized spacial score (nSPS) is 10.3. The fourth-order valence-corrected chi connectivity index (χ4v) is 2.26. The molecule has 0 unspecified atom stereocenters. The fourth-order valence-electron chi connectivity index (χ4n) is 2.26.